The number of fused-ring (bicyclic) bond motifs is 4. The van der Waals surface area contributed by atoms with Crippen LogP contribution in [0.5, 0.6) is 0 Å². The third-order valence-electron chi connectivity index (χ3n) is 9.84. The van der Waals surface area contributed by atoms with Crippen LogP contribution in [0, 0.1) is 0 Å². The summed E-state index contributed by atoms with van der Waals surface area (Å²) in [6.45, 7) is 1.50. The molecule has 0 aliphatic carbocycles. The number of Topliss-reactive ketones (excluding diaryl/α,β-unsaturated/α-hetero) is 1. The summed E-state index contributed by atoms with van der Waals surface area (Å²) in [6, 6.07) is 30.4. The van der Waals surface area contributed by atoms with E-state index in [4.69, 9.17) is 9.97 Å². The van der Waals surface area contributed by atoms with E-state index >= 15 is 0 Å². The minimum atomic E-state index is -0.602. The standard InChI is InChI=1S/C21H22N2O2.C21H20N2O2.CH4.B.Na.H/c2*24-19(13-15-7-3-1-4-8-15)16-10-11-17-18(14-16)22-20-9-5-2-6-12-23(20)21(17)25;;;;/h1,3-4,7-8,10-11,14,19,24H,2,5-6,9,12-13H2;1,3-4,7-8,10-11,14H,2,5-6,9,12-13H2;1H4;;;/q;;;;+1;-1. The molecule has 3 radical (unpaired) electrons. The molecule has 0 saturated heterocycles. The van der Waals surface area contributed by atoms with Crippen molar-refractivity contribution in [2.45, 2.75) is 90.8 Å². The molecule has 8 rings (SSSR count). The van der Waals surface area contributed by atoms with Crippen LogP contribution in [-0.2, 0) is 38.8 Å². The molecule has 0 bridgehead atoms. The van der Waals surface area contributed by atoms with Gasteiger partial charge in [-0.15, -0.1) is 0 Å². The molecule has 2 aliphatic rings. The number of carbonyl (C=O) groups is 1. The Kier molecular flexibility index (Phi) is 15.1. The Hall–Kier alpha value is -4.15. The minimum absolute atomic E-state index is 0. The van der Waals surface area contributed by atoms with Crippen molar-refractivity contribution in [3.63, 3.8) is 0 Å². The van der Waals surface area contributed by atoms with Gasteiger partial charge in [0.15, 0.2) is 5.78 Å². The first kappa shape index (κ1) is 41.6. The summed E-state index contributed by atoms with van der Waals surface area (Å²) in [5.74, 6) is 1.78. The van der Waals surface area contributed by atoms with Crippen LogP contribution in [0.1, 0.15) is 92.2 Å². The Morgan fingerprint density at radius 2 is 1.19 bits per heavy atom. The van der Waals surface area contributed by atoms with Gasteiger partial charge < -0.3 is 6.53 Å². The van der Waals surface area contributed by atoms with Crippen LogP contribution in [0.2, 0.25) is 0 Å². The molecule has 10 heteroatoms. The van der Waals surface area contributed by atoms with Gasteiger partial charge in [0.05, 0.1) is 27.9 Å². The first-order chi connectivity index (χ1) is 24.4. The van der Waals surface area contributed by atoms with E-state index in [0.29, 0.717) is 40.2 Å². The fourth-order valence-corrected chi connectivity index (χ4v) is 7.07. The number of carbonyl (C=O) groups excluding carboxylic acids is 1. The number of benzene rings is 4. The molecule has 2 aromatic heterocycles. The number of nitrogens with zero attached hydrogens (tertiary/aromatic N) is 4. The molecule has 0 amide bonds. The van der Waals surface area contributed by atoms with Gasteiger partial charge >= 0.3 is 29.6 Å². The summed E-state index contributed by atoms with van der Waals surface area (Å²) >= 11 is 0. The molecular formula is C43H47BN4NaO4. The maximum atomic E-state index is 12.8. The largest absolute Gasteiger partial charge is 1.00 e. The monoisotopic (exact) mass is 717 g/mol. The fraction of sp³-hybridized carbons (Fsp3) is 0.326. The SMILES string of the molecule is C.O=C(Cc1ccccc1)c1ccc2c(=O)n3c(nc2c1)CCCCC3.O=c1c2ccc(C(O)Cc3ccccc3)cc2nc2n1CCCCC2.[B].[H-].[Na+]. The Labute approximate surface area is 336 Å². The summed E-state index contributed by atoms with van der Waals surface area (Å²) in [6.07, 6.45) is 8.44. The minimum Gasteiger partial charge on any atom is -1.00 e. The summed E-state index contributed by atoms with van der Waals surface area (Å²) in [7, 11) is 0. The fourth-order valence-electron chi connectivity index (χ4n) is 7.07. The van der Waals surface area contributed by atoms with Crippen LogP contribution in [0.15, 0.2) is 107 Å². The van der Waals surface area contributed by atoms with Gasteiger partial charge in [-0.3, -0.25) is 23.5 Å². The molecule has 53 heavy (non-hydrogen) atoms. The molecule has 6 aromatic rings. The molecule has 2 aliphatic heterocycles. The Balaban J connectivity index is 0.000000270. The second-order valence-electron chi connectivity index (χ2n) is 13.4. The van der Waals surface area contributed by atoms with Gasteiger partial charge in [-0.25, -0.2) is 9.97 Å². The molecule has 4 aromatic carbocycles. The molecule has 1 atom stereocenters. The van der Waals surface area contributed by atoms with E-state index in [1.165, 1.54) is 0 Å². The second-order valence-corrected chi connectivity index (χ2v) is 13.4. The third kappa shape index (κ3) is 9.70. The van der Waals surface area contributed by atoms with Gasteiger partial charge in [0.2, 0.25) is 0 Å². The molecule has 1 N–H and O–H groups in total. The van der Waals surface area contributed by atoms with Crippen molar-refractivity contribution in [2.75, 3.05) is 0 Å². The van der Waals surface area contributed by atoms with Crippen LogP contribution in [0.25, 0.3) is 21.8 Å². The Morgan fingerprint density at radius 1 is 0.679 bits per heavy atom. The van der Waals surface area contributed by atoms with Gasteiger partial charge in [-0.1, -0.05) is 93.1 Å². The van der Waals surface area contributed by atoms with Crippen LogP contribution >= 0.6 is 0 Å². The summed E-state index contributed by atoms with van der Waals surface area (Å²) in [5.41, 5.74) is 4.89. The van der Waals surface area contributed by atoms with Crippen LogP contribution in [0.3, 0.4) is 0 Å². The quantitative estimate of drug-likeness (QED) is 0.203. The van der Waals surface area contributed by atoms with Gasteiger partial charge in [0, 0.05) is 52.7 Å². The average molecular weight is 718 g/mol. The van der Waals surface area contributed by atoms with Gasteiger partial charge in [0.25, 0.3) is 11.1 Å². The van der Waals surface area contributed by atoms with Crippen molar-refractivity contribution in [2.24, 2.45) is 0 Å². The first-order valence-electron chi connectivity index (χ1n) is 17.8. The predicted octanol–water partition coefficient (Wildman–Crippen LogP) is 4.32. The first-order valence-corrected chi connectivity index (χ1v) is 17.8. The molecule has 267 valence electrons. The summed E-state index contributed by atoms with van der Waals surface area (Å²) < 4.78 is 3.64. The number of ketones is 1. The van der Waals surface area contributed by atoms with E-state index in [-0.39, 0.29) is 63.7 Å². The van der Waals surface area contributed by atoms with Crippen molar-refractivity contribution in [3.05, 3.63) is 152 Å². The molecule has 0 saturated carbocycles. The number of aromatic nitrogens is 4. The number of aliphatic hydroxyl groups is 1. The van der Waals surface area contributed by atoms with E-state index in [1.54, 1.807) is 22.8 Å². The van der Waals surface area contributed by atoms with Crippen LogP contribution in [-0.4, -0.2) is 38.4 Å². The number of hydrogen-bond acceptors (Lipinski definition) is 6. The topological polar surface area (TPSA) is 107 Å². The van der Waals surface area contributed by atoms with E-state index in [0.717, 1.165) is 92.8 Å². The van der Waals surface area contributed by atoms with Crippen LogP contribution < -0.4 is 40.7 Å². The number of rotatable bonds is 6. The number of aryl methyl sites for hydroxylation is 2. The van der Waals surface area contributed by atoms with E-state index in [9.17, 15) is 19.5 Å². The maximum absolute atomic E-state index is 12.8. The van der Waals surface area contributed by atoms with Gasteiger partial charge in [-0.2, -0.15) is 0 Å². The van der Waals surface area contributed by atoms with E-state index < -0.39 is 6.10 Å². The molecule has 0 spiro atoms. The number of hydrogen-bond donors (Lipinski definition) is 1. The molecule has 8 nitrogen and oxygen atoms in total. The third-order valence-corrected chi connectivity index (χ3v) is 9.84. The van der Waals surface area contributed by atoms with Crippen molar-refractivity contribution in [3.8, 4) is 0 Å². The van der Waals surface area contributed by atoms with Crippen molar-refractivity contribution >= 4 is 36.0 Å². The van der Waals surface area contributed by atoms with Gasteiger partial charge in [0.1, 0.15) is 11.6 Å². The second kappa shape index (κ2) is 19.3. The molecular weight excluding hydrogens is 670 g/mol. The number of aliphatic hydroxyl groups excluding tert-OH is 1. The van der Waals surface area contributed by atoms with Crippen molar-refractivity contribution in [1.29, 1.82) is 0 Å². The van der Waals surface area contributed by atoms with Crippen molar-refractivity contribution < 1.29 is 40.9 Å². The normalized spacial score (nSPS) is 14.0. The Morgan fingerprint density at radius 3 is 1.75 bits per heavy atom. The molecule has 0 fully saturated rings. The maximum Gasteiger partial charge on any atom is 1.00 e. The average Bonchev–Trinajstić information content (AvgIpc) is 3.54. The predicted molar refractivity (Wildman–Crippen MR) is 210 cm³/mol. The van der Waals surface area contributed by atoms with E-state index in [2.05, 4.69) is 0 Å². The van der Waals surface area contributed by atoms with Crippen molar-refractivity contribution in [1.82, 2.24) is 19.1 Å². The zero-order valence-corrected chi connectivity index (χ0v) is 31.8. The molecule has 1 unspecified atom stereocenters. The Bertz CT molecular complexity index is 2280. The van der Waals surface area contributed by atoms with Crippen LogP contribution in [0.4, 0.5) is 0 Å². The summed E-state index contributed by atoms with van der Waals surface area (Å²) in [5, 5.41) is 11.8. The van der Waals surface area contributed by atoms with E-state index in [1.807, 2.05) is 83.4 Å². The zero-order valence-electron chi connectivity index (χ0n) is 30.8. The smallest absolute Gasteiger partial charge is 1.00 e. The summed E-state index contributed by atoms with van der Waals surface area (Å²) in [4.78, 5) is 47.5. The zero-order chi connectivity index (χ0) is 34.5. The molecule has 4 heterocycles. The van der Waals surface area contributed by atoms with Gasteiger partial charge in [-0.05, 0) is 66.6 Å².